The van der Waals surface area contributed by atoms with Crippen LogP contribution in [0.5, 0.6) is 0 Å². The fourth-order valence-corrected chi connectivity index (χ4v) is 2.19. The third-order valence-electron chi connectivity index (χ3n) is 1.94. The van der Waals surface area contributed by atoms with E-state index in [0.29, 0.717) is 13.2 Å². The zero-order valence-corrected chi connectivity index (χ0v) is 11.7. The lowest BCUT2D eigenvalue weighted by atomic mass is 10.4. The molecule has 3 nitrogen and oxygen atoms in total. The zero-order valence-electron chi connectivity index (χ0n) is 9.29. The van der Waals surface area contributed by atoms with Crippen LogP contribution < -0.4 is 5.32 Å². The first-order valence-corrected chi connectivity index (χ1v) is 7.16. The maximum Gasteiger partial charge on any atom is 0.261 e. The van der Waals surface area contributed by atoms with Crippen LogP contribution in [-0.2, 0) is 4.74 Å². The molecule has 0 bridgehead atoms. The summed E-state index contributed by atoms with van der Waals surface area (Å²) in [6.07, 6.45) is 0.850. The Labute approximate surface area is 108 Å². The van der Waals surface area contributed by atoms with E-state index in [4.69, 9.17) is 4.74 Å². The van der Waals surface area contributed by atoms with E-state index in [0.717, 1.165) is 28.1 Å². The van der Waals surface area contributed by atoms with Crippen LogP contribution in [0.15, 0.2) is 12.1 Å². The van der Waals surface area contributed by atoms with Gasteiger partial charge in [-0.05, 0) is 25.5 Å². The lowest BCUT2D eigenvalue weighted by molar-refractivity contribution is 0.0948. The van der Waals surface area contributed by atoms with Crippen molar-refractivity contribution in [2.45, 2.75) is 13.3 Å². The molecule has 0 radical (unpaired) electrons. The molecule has 1 amide bonds. The second-order valence-electron chi connectivity index (χ2n) is 3.32. The number of alkyl halides is 1. The lowest BCUT2D eigenvalue weighted by Crippen LogP contribution is -2.24. The highest BCUT2D eigenvalue weighted by atomic mass is 79.9. The van der Waals surface area contributed by atoms with Crippen molar-refractivity contribution in [2.24, 2.45) is 0 Å². The van der Waals surface area contributed by atoms with Crippen LogP contribution in [0.1, 0.15) is 21.0 Å². The molecule has 1 heterocycles. The maximum absolute atomic E-state index is 11.6. The molecule has 0 aliphatic heterocycles. The van der Waals surface area contributed by atoms with Gasteiger partial charge in [-0.1, -0.05) is 15.9 Å². The van der Waals surface area contributed by atoms with Gasteiger partial charge in [0, 0.05) is 23.4 Å². The number of halogens is 1. The molecule has 1 aromatic heterocycles. The molecule has 0 unspecified atom stereocenters. The van der Waals surface area contributed by atoms with Crippen molar-refractivity contribution in [3.8, 4) is 0 Å². The molecule has 16 heavy (non-hydrogen) atoms. The number of carbonyl (C=O) groups is 1. The van der Waals surface area contributed by atoms with Crippen LogP contribution >= 0.6 is 27.3 Å². The van der Waals surface area contributed by atoms with Crippen molar-refractivity contribution in [1.29, 1.82) is 0 Å². The average Bonchev–Trinajstić information content (AvgIpc) is 2.70. The molecule has 90 valence electrons. The Hall–Kier alpha value is -0.390. The number of thiophene rings is 1. The van der Waals surface area contributed by atoms with Gasteiger partial charge in [-0.25, -0.2) is 0 Å². The first-order valence-electron chi connectivity index (χ1n) is 5.22. The lowest BCUT2D eigenvalue weighted by Gasteiger charge is -2.03. The standard InChI is InChI=1S/C11H16BrNO2S/c1-9-3-4-10(16-9)11(14)13-6-2-7-15-8-5-12/h3-4H,2,5-8H2,1H3,(H,13,14). The van der Waals surface area contributed by atoms with Crippen LogP contribution in [0.2, 0.25) is 0 Å². The quantitative estimate of drug-likeness (QED) is 0.621. The molecule has 0 spiro atoms. The summed E-state index contributed by atoms with van der Waals surface area (Å²) in [7, 11) is 0. The van der Waals surface area contributed by atoms with Crippen LogP contribution in [0, 0.1) is 6.92 Å². The molecule has 1 rings (SSSR count). The fraction of sp³-hybridized carbons (Fsp3) is 0.545. The predicted molar refractivity (Wildman–Crippen MR) is 70.6 cm³/mol. The summed E-state index contributed by atoms with van der Waals surface area (Å²) in [6, 6.07) is 3.81. The monoisotopic (exact) mass is 305 g/mol. The highest BCUT2D eigenvalue weighted by molar-refractivity contribution is 9.09. The van der Waals surface area contributed by atoms with Crippen molar-refractivity contribution in [3.05, 3.63) is 21.9 Å². The minimum absolute atomic E-state index is 0.0126. The molecular weight excluding hydrogens is 290 g/mol. The topological polar surface area (TPSA) is 38.3 Å². The molecule has 0 aromatic carbocycles. The summed E-state index contributed by atoms with van der Waals surface area (Å²) in [5, 5.41) is 3.72. The second kappa shape index (κ2) is 7.81. The van der Waals surface area contributed by atoms with Gasteiger partial charge in [0.05, 0.1) is 11.5 Å². The Bertz CT molecular complexity index is 328. The molecule has 0 saturated heterocycles. The molecule has 1 aromatic rings. The van der Waals surface area contributed by atoms with Crippen molar-refractivity contribution in [3.63, 3.8) is 0 Å². The highest BCUT2D eigenvalue weighted by Gasteiger charge is 2.06. The Kier molecular flexibility index (Phi) is 6.68. The predicted octanol–water partition coefficient (Wildman–Crippen LogP) is 2.59. The summed E-state index contributed by atoms with van der Waals surface area (Å²) in [4.78, 5) is 13.5. The van der Waals surface area contributed by atoms with Crippen molar-refractivity contribution >= 4 is 33.2 Å². The first kappa shape index (κ1) is 13.7. The van der Waals surface area contributed by atoms with E-state index < -0.39 is 0 Å². The van der Waals surface area contributed by atoms with Gasteiger partial charge in [-0.3, -0.25) is 4.79 Å². The minimum atomic E-state index is 0.0126. The molecule has 1 N–H and O–H groups in total. The van der Waals surface area contributed by atoms with Gasteiger partial charge in [0.25, 0.3) is 5.91 Å². The van der Waals surface area contributed by atoms with Gasteiger partial charge >= 0.3 is 0 Å². The van der Waals surface area contributed by atoms with Gasteiger partial charge in [-0.2, -0.15) is 0 Å². The smallest absolute Gasteiger partial charge is 0.261 e. The maximum atomic E-state index is 11.6. The van der Waals surface area contributed by atoms with Crippen LogP contribution in [0.3, 0.4) is 0 Å². The molecule has 0 aliphatic carbocycles. The molecule has 0 fully saturated rings. The number of carbonyl (C=O) groups excluding carboxylic acids is 1. The number of amides is 1. The number of hydrogen-bond donors (Lipinski definition) is 1. The first-order chi connectivity index (χ1) is 7.74. The summed E-state index contributed by atoms with van der Waals surface area (Å²) >= 11 is 4.80. The number of rotatable bonds is 7. The van der Waals surface area contributed by atoms with Crippen molar-refractivity contribution in [2.75, 3.05) is 25.1 Å². The highest BCUT2D eigenvalue weighted by Crippen LogP contribution is 2.14. The van der Waals surface area contributed by atoms with E-state index in [1.165, 1.54) is 11.3 Å². The number of aryl methyl sites for hydroxylation is 1. The van der Waals surface area contributed by atoms with E-state index in [1.807, 2.05) is 19.1 Å². The largest absolute Gasteiger partial charge is 0.381 e. The Morgan fingerprint density at radius 1 is 1.50 bits per heavy atom. The Morgan fingerprint density at radius 2 is 2.31 bits per heavy atom. The SMILES string of the molecule is Cc1ccc(C(=O)NCCCOCCBr)s1. The molecular formula is C11H16BrNO2S. The van der Waals surface area contributed by atoms with Gasteiger partial charge in [0.1, 0.15) is 0 Å². The summed E-state index contributed by atoms with van der Waals surface area (Å²) in [5.74, 6) is 0.0126. The minimum Gasteiger partial charge on any atom is -0.381 e. The van der Waals surface area contributed by atoms with Gasteiger partial charge in [0.15, 0.2) is 0 Å². The van der Waals surface area contributed by atoms with Crippen LogP contribution in [-0.4, -0.2) is 31.0 Å². The van der Waals surface area contributed by atoms with E-state index in [9.17, 15) is 4.79 Å². The third kappa shape index (κ3) is 5.09. The zero-order chi connectivity index (χ0) is 11.8. The van der Waals surface area contributed by atoms with Gasteiger partial charge < -0.3 is 10.1 Å². The second-order valence-corrected chi connectivity index (χ2v) is 5.40. The number of nitrogens with one attached hydrogen (secondary N) is 1. The third-order valence-corrected chi connectivity index (χ3v) is 3.26. The van der Waals surface area contributed by atoms with Crippen LogP contribution in [0.25, 0.3) is 0 Å². The molecule has 0 atom stereocenters. The van der Waals surface area contributed by atoms with Crippen LogP contribution in [0.4, 0.5) is 0 Å². The van der Waals surface area contributed by atoms with E-state index in [-0.39, 0.29) is 5.91 Å². The number of ether oxygens (including phenoxy) is 1. The summed E-state index contributed by atoms with van der Waals surface area (Å²) in [5.41, 5.74) is 0. The van der Waals surface area contributed by atoms with Crippen molar-refractivity contribution < 1.29 is 9.53 Å². The normalized spacial score (nSPS) is 10.4. The average molecular weight is 306 g/mol. The van der Waals surface area contributed by atoms with E-state index in [2.05, 4.69) is 21.2 Å². The van der Waals surface area contributed by atoms with Gasteiger partial charge in [-0.15, -0.1) is 11.3 Å². The van der Waals surface area contributed by atoms with Gasteiger partial charge in [0.2, 0.25) is 0 Å². The summed E-state index contributed by atoms with van der Waals surface area (Å²) < 4.78 is 5.28. The molecule has 0 saturated carbocycles. The van der Waals surface area contributed by atoms with Crippen molar-refractivity contribution in [1.82, 2.24) is 5.32 Å². The Morgan fingerprint density at radius 3 is 2.94 bits per heavy atom. The van der Waals surface area contributed by atoms with E-state index in [1.54, 1.807) is 0 Å². The number of hydrogen-bond acceptors (Lipinski definition) is 3. The Balaban J connectivity index is 2.11. The fourth-order valence-electron chi connectivity index (χ4n) is 1.18. The molecule has 0 aliphatic rings. The summed E-state index contributed by atoms with van der Waals surface area (Å²) in [6.45, 7) is 4.07. The van der Waals surface area contributed by atoms with E-state index >= 15 is 0 Å². The molecule has 5 heteroatoms.